The van der Waals surface area contributed by atoms with Gasteiger partial charge in [-0.05, 0) is 28.8 Å². The minimum absolute atomic E-state index is 0.674. The van der Waals surface area contributed by atoms with Crippen molar-refractivity contribution in [3.05, 3.63) is 48.3 Å². The third kappa shape index (κ3) is 3.10. The Balaban J connectivity index is 2.47. The smallest absolute Gasteiger partial charge is 0.166 e. The molecule has 0 spiro atoms. The van der Waals surface area contributed by atoms with E-state index in [-0.39, 0.29) is 0 Å². The zero-order valence-corrected chi connectivity index (χ0v) is 15.7. The summed E-state index contributed by atoms with van der Waals surface area (Å²) in [5.41, 5.74) is 8.13. The molecule has 0 aliphatic rings. The molecular formula is C20H28NSi+. The maximum atomic E-state index is 3.79. The second-order valence-corrected chi connectivity index (χ2v) is 12.7. The SMILES string of the molecule is CC(C)[Si](C#Cc1ccc2cccc[n+]2c1)(C(C)C)C(C)C. The van der Waals surface area contributed by atoms with Crippen molar-refractivity contribution in [1.82, 2.24) is 0 Å². The average Bonchev–Trinajstić information content (AvgIpc) is 2.46. The van der Waals surface area contributed by atoms with E-state index >= 15 is 0 Å². The van der Waals surface area contributed by atoms with Gasteiger partial charge in [0, 0.05) is 18.2 Å². The molecule has 22 heavy (non-hydrogen) atoms. The molecule has 2 heterocycles. The van der Waals surface area contributed by atoms with Gasteiger partial charge in [0.1, 0.15) is 8.07 Å². The van der Waals surface area contributed by atoms with E-state index in [1.54, 1.807) is 0 Å². The van der Waals surface area contributed by atoms with Crippen LogP contribution in [-0.2, 0) is 0 Å². The van der Waals surface area contributed by atoms with Crippen molar-refractivity contribution in [2.75, 3.05) is 0 Å². The first-order valence-electron chi connectivity index (χ1n) is 8.31. The van der Waals surface area contributed by atoms with Crippen molar-refractivity contribution in [1.29, 1.82) is 0 Å². The van der Waals surface area contributed by atoms with Crippen LogP contribution in [-0.4, -0.2) is 8.07 Å². The third-order valence-corrected chi connectivity index (χ3v) is 11.2. The highest BCUT2D eigenvalue weighted by atomic mass is 28.3. The standard InChI is InChI=1S/C20H28NSi/c1-16(2)22(17(3)4,18(5)6)14-12-19-10-11-20-9-7-8-13-21(20)15-19/h7-11,13,15-18H,1-6H3/q+1. The molecule has 0 aromatic carbocycles. The van der Waals surface area contributed by atoms with Crippen molar-refractivity contribution < 1.29 is 4.40 Å². The highest BCUT2D eigenvalue weighted by Crippen LogP contribution is 2.40. The van der Waals surface area contributed by atoms with Gasteiger partial charge in [0.05, 0.1) is 5.56 Å². The fourth-order valence-electron chi connectivity index (χ4n) is 3.78. The highest BCUT2D eigenvalue weighted by molar-refractivity contribution is 6.90. The van der Waals surface area contributed by atoms with Crippen molar-refractivity contribution in [3.8, 4) is 11.5 Å². The molecule has 2 heteroatoms. The zero-order chi connectivity index (χ0) is 16.3. The molecule has 0 fully saturated rings. The molecule has 0 bridgehead atoms. The normalized spacial score (nSPS) is 12.0. The fraction of sp³-hybridized carbons (Fsp3) is 0.450. The van der Waals surface area contributed by atoms with E-state index in [0.29, 0.717) is 16.6 Å². The van der Waals surface area contributed by atoms with Gasteiger partial charge in [0.25, 0.3) is 0 Å². The van der Waals surface area contributed by atoms with Crippen molar-refractivity contribution in [2.24, 2.45) is 0 Å². The van der Waals surface area contributed by atoms with E-state index in [1.165, 1.54) is 5.52 Å². The molecule has 0 aliphatic carbocycles. The summed E-state index contributed by atoms with van der Waals surface area (Å²) >= 11 is 0. The Morgan fingerprint density at radius 1 is 0.864 bits per heavy atom. The molecule has 2 rings (SSSR count). The maximum absolute atomic E-state index is 3.79. The number of rotatable bonds is 3. The first-order valence-corrected chi connectivity index (χ1v) is 10.5. The molecule has 2 aromatic rings. The summed E-state index contributed by atoms with van der Waals surface area (Å²) in [6.07, 6.45) is 4.22. The molecule has 0 atom stereocenters. The van der Waals surface area contributed by atoms with Gasteiger partial charge < -0.3 is 0 Å². The molecule has 1 nitrogen and oxygen atoms in total. The molecule has 116 valence electrons. The molecule has 0 amide bonds. The lowest BCUT2D eigenvalue weighted by atomic mass is 10.2. The minimum Gasteiger partial charge on any atom is -0.166 e. The molecule has 2 aromatic heterocycles. The fourth-order valence-corrected chi connectivity index (χ4v) is 9.01. The topological polar surface area (TPSA) is 4.10 Å². The predicted molar refractivity (Wildman–Crippen MR) is 97.5 cm³/mol. The van der Waals surface area contributed by atoms with Gasteiger partial charge in [-0.1, -0.05) is 47.5 Å². The largest absolute Gasteiger partial charge is 0.210 e. The number of pyridine rings is 2. The summed E-state index contributed by atoms with van der Waals surface area (Å²) in [5, 5.41) is 0. The monoisotopic (exact) mass is 310 g/mol. The van der Waals surface area contributed by atoms with Crippen LogP contribution in [0.1, 0.15) is 47.1 Å². The molecule has 0 unspecified atom stereocenters. The van der Waals surface area contributed by atoms with Crippen LogP contribution < -0.4 is 4.40 Å². The number of fused-ring (bicyclic) bond motifs is 1. The van der Waals surface area contributed by atoms with Crippen LogP contribution in [0.4, 0.5) is 0 Å². The molecule has 0 saturated carbocycles. The van der Waals surface area contributed by atoms with Crippen molar-refractivity contribution in [2.45, 2.75) is 58.2 Å². The molecule has 0 saturated heterocycles. The van der Waals surface area contributed by atoms with Crippen LogP contribution in [0, 0.1) is 11.5 Å². The van der Waals surface area contributed by atoms with E-state index in [1.807, 2.05) is 0 Å². The zero-order valence-electron chi connectivity index (χ0n) is 14.7. The Hall–Kier alpha value is -1.59. The molecular weight excluding hydrogens is 282 g/mol. The van der Waals surface area contributed by atoms with Crippen LogP contribution in [0.15, 0.2) is 42.7 Å². The van der Waals surface area contributed by atoms with Gasteiger partial charge in [-0.2, -0.15) is 4.40 Å². The number of hydrogen-bond acceptors (Lipinski definition) is 0. The van der Waals surface area contributed by atoms with Gasteiger partial charge in [-0.15, -0.1) is 5.54 Å². The van der Waals surface area contributed by atoms with Gasteiger partial charge in [-0.25, -0.2) is 0 Å². The first-order chi connectivity index (χ1) is 10.4. The summed E-state index contributed by atoms with van der Waals surface area (Å²) in [6.45, 7) is 14.1. The molecule has 0 radical (unpaired) electrons. The van der Waals surface area contributed by atoms with Gasteiger partial charge in [0.15, 0.2) is 12.4 Å². The van der Waals surface area contributed by atoms with Gasteiger partial charge in [-0.3, -0.25) is 0 Å². The number of hydrogen-bond donors (Lipinski definition) is 0. The summed E-state index contributed by atoms with van der Waals surface area (Å²) in [7, 11) is -1.65. The highest BCUT2D eigenvalue weighted by Gasteiger charge is 2.41. The van der Waals surface area contributed by atoms with E-state index in [4.69, 9.17) is 0 Å². The lowest BCUT2D eigenvalue weighted by molar-refractivity contribution is -0.512. The van der Waals surface area contributed by atoms with Crippen LogP contribution in [0.25, 0.3) is 5.52 Å². The average molecular weight is 311 g/mol. The molecule has 0 N–H and O–H groups in total. The minimum atomic E-state index is -1.65. The van der Waals surface area contributed by atoms with E-state index in [9.17, 15) is 0 Å². The van der Waals surface area contributed by atoms with Crippen LogP contribution in [0.2, 0.25) is 16.6 Å². The summed E-state index contributed by atoms with van der Waals surface area (Å²) < 4.78 is 2.15. The van der Waals surface area contributed by atoms with Crippen molar-refractivity contribution in [3.63, 3.8) is 0 Å². The first kappa shape index (κ1) is 16.8. The maximum Gasteiger partial charge on any atom is 0.210 e. The summed E-state index contributed by atoms with van der Waals surface area (Å²) in [6, 6.07) is 10.5. The Morgan fingerprint density at radius 3 is 2.09 bits per heavy atom. The Morgan fingerprint density at radius 2 is 1.50 bits per heavy atom. The number of nitrogens with zero attached hydrogens (tertiary/aromatic N) is 1. The van der Waals surface area contributed by atoms with Crippen LogP contribution in [0.5, 0.6) is 0 Å². The second-order valence-electron chi connectivity index (χ2n) is 7.10. The predicted octanol–water partition coefficient (Wildman–Crippen LogP) is 4.99. The Labute approximate surface area is 136 Å². The van der Waals surface area contributed by atoms with Gasteiger partial charge >= 0.3 is 0 Å². The summed E-state index contributed by atoms with van der Waals surface area (Å²) in [5.74, 6) is 3.51. The van der Waals surface area contributed by atoms with Gasteiger partial charge in [0.2, 0.25) is 5.52 Å². The van der Waals surface area contributed by atoms with E-state index in [0.717, 1.165) is 5.56 Å². The Kier molecular flexibility index (Phi) is 5.08. The quantitative estimate of drug-likeness (QED) is 0.427. The Bertz CT molecular complexity index is 682. The number of aromatic nitrogens is 1. The third-order valence-electron chi connectivity index (χ3n) is 4.92. The lowest BCUT2D eigenvalue weighted by Crippen LogP contribution is -2.43. The summed E-state index contributed by atoms with van der Waals surface area (Å²) in [4.78, 5) is 0. The van der Waals surface area contributed by atoms with Crippen LogP contribution in [0.3, 0.4) is 0 Å². The molecule has 0 aliphatic heterocycles. The lowest BCUT2D eigenvalue weighted by Gasteiger charge is -2.38. The van der Waals surface area contributed by atoms with Crippen molar-refractivity contribution >= 4 is 13.6 Å². The van der Waals surface area contributed by atoms with Crippen LogP contribution >= 0.6 is 0 Å². The van der Waals surface area contributed by atoms with E-state index < -0.39 is 8.07 Å². The van der Waals surface area contributed by atoms with E-state index in [2.05, 4.69) is 100 Å². The second kappa shape index (κ2) is 6.67.